The number of hydrogen-bond acceptors (Lipinski definition) is 5. The quantitative estimate of drug-likeness (QED) is 0.513. The van der Waals surface area contributed by atoms with E-state index in [-0.39, 0.29) is 12.5 Å². The first-order valence-electron chi connectivity index (χ1n) is 7.82. The van der Waals surface area contributed by atoms with Crippen LogP contribution in [0.2, 0.25) is 0 Å². The molecule has 132 valence electrons. The van der Waals surface area contributed by atoms with E-state index in [1.807, 2.05) is 34.2 Å². The van der Waals surface area contributed by atoms with Crippen LogP contribution in [0.1, 0.15) is 0 Å². The third-order valence-electron chi connectivity index (χ3n) is 3.65. The molecule has 7 heteroatoms. The predicted octanol–water partition coefficient (Wildman–Crippen LogP) is 3.51. The van der Waals surface area contributed by atoms with Gasteiger partial charge in [-0.2, -0.15) is 0 Å². The van der Waals surface area contributed by atoms with Crippen molar-refractivity contribution in [3.05, 3.63) is 71.9 Å². The van der Waals surface area contributed by atoms with Crippen molar-refractivity contribution in [3.8, 4) is 11.5 Å². The van der Waals surface area contributed by atoms with Gasteiger partial charge >= 0.3 is 0 Å². The number of nitrogens with zero attached hydrogens (tertiary/aromatic N) is 3. The Kier molecular flexibility index (Phi) is 5.28. The van der Waals surface area contributed by atoms with Gasteiger partial charge in [0.05, 0.1) is 23.7 Å². The topological polar surface area (TPSA) is 69.0 Å². The van der Waals surface area contributed by atoms with Crippen molar-refractivity contribution in [1.82, 2.24) is 19.9 Å². The molecule has 0 unspecified atom stereocenters. The van der Waals surface area contributed by atoms with Gasteiger partial charge in [0.1, 0.15) is 18.0 Å². The molecule has 0 bridgehead atoms. The van der Waals surface area contributed by atoms with Crippen LogP contribution in [0.3, 0.4) is 0 Å². The first kappa shape index (κ1) is 17.6. The lowest BCUT2D eigenvalue weighted by Gasteiger charge is -2.09. The lowest BCUT2D eigenvalue weighted by Crippen LogP contribution is -2.26. The van der Waals surface area contributed by atoms with Crippen LogP contribution in [0.25, 0.3) is 22.6 Å². The Labute approximate surface area is 155 Å². The van der Waals surface area contributed by atoms with E-state index in [4.69, 9.17) is 4.74 Å². The molecule has 26 heavy (non-hydrogen) atoms. The molecule has 0 saturated heterocycles. The molecule has 0 aliphatic heterocycles. The third-order valence-corrected chi connectivity index (χ3v) is 4.24. The molecule has 3 rings (SSSR count). The summed E-state index contributed by atoms with van der Waals surface area (Å²) in [6.07, 6.45) is 3.27. The molecule has 3 aromatic rings. The Morgan fingerprint density at radius 2 is 2.15 bits per heavy atom. The minimum Gasteiger partial charge on any atom is -0.497 e. The predicted molar refractivity (Wildman–Crippen MR) is 103 cm³/mol. The molecular formula is C19H18N4O2S. The lowest BCUT2D eigenvalue weighted by atomic mass is 10.3. The number of benzene rings is 1. The summed E-state index contributed by atoms with van der Waals surface area (Å²) in [7, 11) is 1.53. The van der Waals surface area contributed by atoms with Crippen molar-refractivity contribution in [2.24, 2.45) is 0 Å². The van der Waals surface area contributed by atoms with Crippen molar-refractivity contribution in [1.29, 1.82) is 0 Å². The molecule has 0 aliphatic carbocycles. The molecule has 0 radical (unpaired) electrons. The number of nitrogens with one attached hydrogen (secondary N) is 1. The van der Waals surface area contributed by atoms with E-state index in [2.05, 4.69) is 28.4 Å². The number of thiazole rings is 1. The number of imidazole rings is 1. The average molecular weight is 366 g/mol. The van der Waals surface area contributed by atoms with Gasteiger partial charge in [-0.1, -0.05) is 25.3 Å². The van der Waals surface area contributed by atoms with Gasteiger partial charge in [-0.3, -0.25) is 4.79 Å². The van der Waals surface area contributed by atoms with E-state index in [9.17, 15) is 4.79 Å². The smallest absolute Gasteiger partial charge is 0.244 e. The fourth-order valence-corrected chi connectivity index (χ4v) is 2.95. The van der Waals surface area contributed by atoms with E-state index < -0.39 is 0 Å². The number of aromatic nitrogens is 3. The number of carbonyl (C=O) groups excluding carboxylic acids is 1. The number of hydrogen-bond donors (Lipinski definition) is 1. The summed E-state index contributed by atoms with van der Waals surface area (Å²) in [6, 6.07) is 7.68. The molecule has 2 aromatic heterocycles. The highest BCUT2D eigenvalue weighted by molar-refractivity contribution is 7.07. The normalized spacial score (nSPS) is 11.0. The minimum absolute atomic E-state index is 0.103. The molecule has 1 aromatic carbocycles. The maximum absolute atomic E-state index is 12.5. The molecular weight excluding hydrogens is 348 g/mol. The van der Waals surface area contributed by atoms with Crippen LogP contribution in [-0.2, 0) is 16.1 Å². The second-order valence-corrected chi connectivity index (χ2v) is 6.18. The van der Waals surface area contributed by atoms with E-state index >= 15 is 0 Å². The number of para-hydroxylation sites is 2. The second-order valence-electron chi connectivity index (χ2n) is 5.46. The highest BCUT2D eigenvalue weighted by Gasteiger charge is 2.16. The van der Waals surface area contributed by atoms with Gasteiger partial charge < -0.3 is 14.6 Å². The second kappa shape index (κ2) is 7.79. The summed E-state index contributed by atoms with van der Waals surface area (Å²) in [5.74, 6) is 0.936. The summed E-state index contributed by atoms with van der Waals surface area (Å²) in [5, 5.41) is 4.66. The largest absolute Gasteiger partial charge is 0.497 e. The Morgan fingerprint density at radius 3 is 2.88 bits per heavy atom. The summed E-state index contributed by atoms with van der Waals surface area (Å²) in [4.78, 5) is 21.4. The molecule has 1 amide bonds. The molecule has 0 atom stereocenters. The van der Waals surface area contributed by atoms with Crippen LogP contribution in [0.15, 0.2) is 71.9 Å². The molecule has 0 saturated carbocycles. The zero-order valence-corrected chi connectivity index (χ0v) is 15.1. The van der Waals surface area contributed by atoms with Crippen molar-refractivity contribution in [3.63, 3.8) is 0 Å². The fraction of sp³-hybridized carbons (Fsp3) is 0.105. The van der Waals surface area contributed by atoms with Gasteiger partial charge in [0.2, 0.25) is 5.91 Å². The van der Waals surface area contributed by atoms with Gasteiger partial charge in [-0.05, 0) is 24.3 Å². The third kappa shape index (κ3) is 3.89. The Balaban J connectivity index is 1.83. The van der Waals surface area contributed by atoms with Crippen molar-refractivity contribution in [2.75, 3.05) is 7.11 Å². The molecule has 0 fully saturated rings. The Hall–Kier alpha value is -3.19. The van der Waals surface area contributed by atoms with Crippen molar-refractivity contribution in [2.45, 2.75) is 6.54 Å². The number of rotatable bonds is 7. The fourth-order valence-electron chi connectivity index (χ4n) is 2.42. The van der Waals surface area contributed by atoms with Gasteiger partial charge in [0, 0.05) is 11.1 Å². The Bertz CT molecular complexity index is 986. The highest BCUT2D eigenvalue weighted by atomic mass is 32.1. The number of ether oxygens (including phenoxy) is 1. The van der Waals surface area contributed by atoms with Crippen molar-refractivity contribution < 1.29 is 9.53 Å². The SMILES string of the molecule is C=C(/C=C\C(=C)OC)NC(=O)Cn1c(-c2cscn2)nc2ccccc21. The van der Waals surface area contributed by atoms with Gasteiger partial charge in [-0.15, -0.1) is 11.3 Å². The molecule has 1 N–H and O–H groups in total. The Morgan fingerprint density at radius 1 is 1.35 bits per heavy atom. The van der Waals surface area contributed by atoms with E-state index in [0.29, 0.717) is 17.3 Å². The maximum atomic E-state index is 12.5. The average Bonchev–Trinajstić information content (AvgIpc) is 3.28. The molecule has 0 spiro atoms. The van der Waals surface area contributed by atoms with Crippen LogP contribution >= 0.6 is 11.3 Å². The summed E-state index contributed by atoms with van der Waals surface area (Å²) in [6.45, 7) is 7.59. The van der Waals surface area contributed by atoms with Crippen molar-refractivity contribution >= 4 is 28.3 Å². The van der Waals surface area contributed by atoms with Gasteiger partial charge in [0.25, 0.3) is 0 Å². The summed E-state index contributed by atoms with van der Waals surface area (Å²) >= 11 is 1.49. The molecule has 2 heterocycles. The maximum Gasteiger partial charge on any atom is 0.244 e. The first-order valence-corrected chi connectivity index (χ1v) is 8.76. The standard InChI is InChI=1S/C19H18N4O2S/c1-13(8-9-14(2)25-3)21-18(24)10-23-17-7-5-4-6-15(17)22-19(23)16-11-26-12-20-16/h4-9,11-12H,1-2,10H2,3H3,(H,21,24)/b9-8-. The zero-order chi connectivity index (χ0) is 18.5. The van der Waals surface area contributed by atoms with Crippen LogP contribution in [0, 0.1) is 0 Å². The van der Waals surface area contributed by atoms with Gasteiger partial charge in [0.15, 0.2) is 5.82 Å². The monoisotopic (exact) mass is 366 g/mol. The number of carbonyl (C=O) groups is 1. The molecule has 0 aliphatic rings. The van der Waals surface area contributed by atoms with Crippen LogP contribution in [-0.4, -0.2) is 27.6 Å². The molecule has 6 nitrogen and oxygen atoms in total. The first-order chi connectivity index (χ1) is 12.6. The number of allylic oxidation sites excluding steroid dienone is 2. The minimum atomic E-state index is -0.206. The van der Waals surface area contributed by atoms with E-state index in [0.717, 1.165) is 16.7 Å². The van der Waals surface area contributed by atoms with E-state index in [1.165, 1.54) is 18.4 Å². The van der Waals surface area contributed by atoms with Crippen LogP contribution in [0.5, 0.6) is 0 Å². The van der Waals surface area contributed by atoms with Gasteiger partial charge in [-0.25, -0.2) is 9.97 Å². The number of amides is 1. The van der Waals surface area contributed by atoms with E-state index in [1.54, 1.807) is 17.7 Å². The summed E-state index contributed by atoms with van der Waals surface area (Å²) in [5.41, 5.74) is 4.63. The lowest BCUT2D eigenvalue weighted by molar-refractivity contribution is -0.120. The zero-order valence-electron chi connectivity index (χ0n) is 14.3. The van der Waals surface area contributed by atoms with Crippen LogP contribution in [0.4, 0.5) is 0 Å². The highest BCUT2D eigenvalue weighted by Crippen LogP contribution is 2.24. The summed E-state index contributed by atoms with van der Waals surface area (Å²) < 4.78 is 6.79. The number of fused-ring (bicyclic) bond motifs is 1. The number of methoxy groups -OCH3 is 1. The van der Waals surface area contributed by atoms with Crippen LogP contribution < -0.4 is 5.32 Å².